The molecule has 1 rings (SSSR count). The highest BCUT2D eigenvalue weighted by Gasteiger charge is 2.28. The van der Waals surface area contributed by atoms with Crippen LogP contribution in [0.1, 0.15) is 190 Å². The van der Waals surface area contributed by atoms with E-state index in [1.165, 1.54) is 132 Å². The number of hydrogen-bond donors (Lipinski definition) is 0. The SMILES string of the molecule is CCCCCCCCCCCCCCCCCCCCOP(=O)(OCCOC(=O)/C(C)=C/C=C/C(C)=C/C=C/C=C(C)/C=C/C=C(C)/C=C/C1=C(C)CCCC1(C)C)OCC[N+](C)(C)C.[Br-]. The van der Waals surface area contributed by atoms with Crippen LogP contribution >= 0.6 is 7.82 Å². The maximum Gasteiger partial charge on any atom is 0.475 e. The van der Waals surface area contributed by atoms with Crippen molar-refractivity contribution >= 4 is 13.8 Å². The molecule has 0 saturated heterocycles. The number of phosphoric ester groups is 1. The fraction of sp³-hybridized carbons (Fsp3) is 0.667. The Kier molecular flexibility index (Phi) is 37.2. The monoisotopic (exact) mass is 1000 g/mol. The molecule has 0 aromatic rings. The van der Waals surface area contributed by atoms with Crippen LogP contribution in [0.15, 0.2) is 106 Å². The average molecular weight is 1000 g/mol. The van der Waals surface area contributed by atoms with Crippen LogP contribution in [0.25, 0.3) is 0 Å². The second-order valence-corrected chi connectivity index (χ2v) is 21.7. The zero-order chi connectivity index (χ0) is 48.2. The van der Waals surface area contributed by atoms with Gasteiger partial charge in [0.25, 0.3) is 0 Å². The summed E-state index contributed by atoms with van der Waals surface area (Å²) in [6, 6.07) is 0. The molecule has 0 saturated carbocycles. The number of rotatable bonds is 37. The Labute approximate surface area is 417 Å². The van der Waals surface area contributed by atoms with Gasteiger partial charge in [-0.1, -0.05) is 225 Å². The van der Waals surface area contributed by atoms with Crippen LogP contribution in [0.3, 0.4) is 0 Å². The highest BCUT2D eigenvalue weighted by Crippen LogP contribution is 2.49. The van der Waals surface area contributed by atoms with Crippen LogP contribution < -0.4 is 17.0 Å². The number of unbranched alkanes of at least 4 members (excludes halogenated alkanes) is 17. The topological polar surface area (TPSA) is 71.1 Å². The van der Waals surface area contributed by atoms with E-state index in [1.807, 2.05) is 58.4 Å². The number of quaternary nitrogens is 1. The first-order valence-corrected chi connectivity index (χ1v) is 27.1. The lowest BCUT2D eigenvalue weighted by Crippen LogP contribution is -3.00. The fourth-order valence-corrected chi connectivity index (χ4v) is 8.87. The Bertz CT molecular complexity index is 1650. The summed E-state index contributed by atoms with van der Waals surface area (Å²) >= 11 is 0. The molecular weight excluding hydrogens is 906 g/mol. The summed E-state index contributed by atoms with van der Waals surface area (Å²) in [7, 11) is 2.33. The van der Waals surface area contributed by atoms with Crippen molar-refractivity contribution in [3.8, 4) is 0 Å². The molecular formula is C57H97BrNO6P. The van der Waals surface area contributed by atoms with Crippen molar-refractivity contribution in [3.05, 3.63) is 106 Å². The number of hydrogen-bond acceptors (Lipinski definition) is 6. The Hall–Kier alpha value is -2.32. The van der Waals surface area contributed by atoms with Crippen LogP contribution in [0.5, 0.6) is 0 Å². The lowest BCUT2D eigenvalue weighted by molar-refractivity contribution is -0.870. The van der Waals surface area contributed by atoms with E-state index in [2.05, 4.69) is 78.0 Å². The van der Waals surface area contributed by atoms with E-state index in [-0.39, 0.29) is 42.2 Å². The number of allylic oxidation sites excluding steroid dienone is 17. The van der Waals surface area contributed by atoms with Gasteiger partial charge >= 0.3 is 13.8 Å². The van der Waals surface area contributed by atoms with Gasteiger partial charge in [-0.05, 0) is 71.3 Å². The number of phosphoric acid groups is 1. The molecule has 1 atom stereocenters. The molecule has 7 nitrogen and oxygen atoms in total. The standard InChI is InChI=1S/C57H97NO6P.BrH/c1-12-13-14-15-16-17-18-19-20-21-22-23-24-25-26-27-28-31-46-62-65(60,63-47-45-58(9,10)11)64-49-48-61-56(59)54(6)40-33-39-51(3)36-30-29-35-50(2)37-32-38-52(4)42-43-55-53(5)41-34-44-57(55,7)8;/h29-30,32-33,35-40,42-43H,12-28,31,34,41,44-49H2,1-11H3;1H/q+1;/p-1/b30-29+,37-32+,39-33+,43-42+,50-35+,51-36+,52-38+,54-40+;. The third kappa shape index (κ3) is 34.9. The third-order valence-electron chi connectivity index (χ3n) is 12.0. The lowest BCUT2D eigenvalue weighted by Gasteiger charge is -2.32. The van der Waals surface area contributed by atoms with Gasteiger partial charge in [0.15, 0.2) is 0 Å². The largest absolute Gasteiger partial charge is 1.00 e. The minimum absolute atomic E-state index is 0. The van der Waals surface area contributed by atoms with Crippen LogP contribution in [-0.4, -0.2) is 64.6 Å². The van der Waals surface area contributed by atoms with Crippen molar-refractivity contribution in [2.75, 3.05) is 54.1 Å². The summed E-state index contributed by atoms with van der Waals surface area (Å²) in [4.78, 5) is 12.6. The van der Waals surface area contributed by atoms with E-state index in [4.69, 9.17) is 18.3 Å². The van der Waals surface area contributed by atoms with Gasteiger partial charge in [-0.25, -0.2) is 9.36 Å². The summed E-state index contributed by atoms with van der Waals surface area (Å²) < 4.78 is 36.6. The van der Waals surface area contributed by atoms with E-state index in [0.29, 0.717) is 23.2 Å². The fourth-order valence-electron chi connectivity index (χ4n) is 7.69. The van der Waals surface area contributed by atoms with Gasteiger partial charge in [-0.15, -0.1) is 0 Å². The molecule has 1 unspecified atom stereocenters. The second-order valence-electron chi connectivity index (χ2n) is 20.1. The number of carbonyl (C=O) groups is 1. The molecule has 0 aromatic heterocycles. The molecule has 0 radical (unpaired) electrons. The zero-order valence-corrected chi connectivity index (χ0v) is 46.5. The second kappa shape index (κ2) is 38.5. The Morgan fingerprint density at radius 2 is 1.05 bits per heavy atom. The molecule has 0 aromatic carbocycles. The molecule has 0 aliphatic heterocycles. The smallest absolute Gasteiger partial charge is 0.475 e. The van der Waals surface area contributed by atoms with Crippen molar-refractivity contribution < 1.29 is 49.1 Å². The predicted octanol–water partition coefficient (Wildman–Crippen LogP) is 14.0. The molecule has 66 heavy (non-hydrogen) atoms. The number of carbonyl (C=O) groups excluding carboxylic acids is 1. The molecule has 1 aliphatic carbocycles. The van der Waals surface area contributed by atoms with Crippen LogP contribution in [0.4, 0.5) is 0 Å². The predicted molar refractivity (Wildman–Crippen MR) is 280 cm³/mol. The molecule has 0 amide bonds. The third-order valence-corrected chi connectivity index (χ3v) is 13.5. The van der Waals surface area contributed by atoms with Gasteiger partial charge in [0.2, 0.25) is 0 Å². The molecule has 0 heterocycles. The molecule has 378 valence electrons. The number of likely N-dealkylation sites (N-methyl/N-ethyl adjacent to an activating group) is 1. The van der Waals surface area contributed by atoms with Crippen molar-refractivity contribution in [3.63, 3.8) is 0 Å². The molecule has 0 bridgehead atoms. The first-order chi connectivity index (χ1) is 31.0. The van der Waals surface area contributed by atoms with E-state index in [9.17, 15) is 9.36 Å². The van der Waals surface area contributed by atoms with Crippen molar-refractivity contribution in [2.45, 2.75) is 190 Å². The minimum atomic E-state index is -3.80. The Morgan fingerprint density at radius 3 is 1.55 bits per heavy atom. The van der Waals surface area contributed by atoms with Gasteiger partial charge in [0.1, 0.15) is 19.8 Å². The van der Waals surface area contributed by atoms with Gasteiger partial charge in [-0.3, -0.25) is 13.6 Å². The minimum Gasteiger partial charge on any atom is -1.00 e. The highest BCUT2D eigenvalue weighted by atomic mass is 79.9. The lowest BCUT2D eigenvalue weighted by atomic mass is 9.72. The quantitative estimate of drug-likeness (QED) is 0.0154. The van der Waals surface area contributed by atoms with Crippen molar-refractivity contribution in [1.29, 1.82) is 0 Å². The van der Waals surface area contributed by atoms with Gasteiger partial charge in [-0.2, -0.15) is 0 Å². The van der Waals surface area contributed by atoms with Gasteiger partial charge < -0.3 is 26.2 Å². The summed E-state index contributed by atoms with van der Waals surface area (Å²) in [5, 5.41) is 0. The Balaban J connectivity index is 0.0000422. The zero-order valence-electron chi connectivity index (χ0n) is 44.0. The maximum absolute atomic E-state index is 13.5. The number of nitrogens with zero attached hydrogens (tertiary/aromatic N) is 1. The average Bonchev–Trinajstić information content (AvgIpc) is 3.23. The number of halogens is 1. The first kappa shape index (κ1) is 63.7. The van der Waals surface area contributed by atoms with E-state index >= 15 is 0 Å². The highest BCUT2D eigenvalue weighted by molar-refractivity contribution is 7.48. The first-order valence-electron chi connectivity index (χ1n) is 25.6. The number of ether oxygens (including phenoxy) is 1. The van der Waals surface area contributed by atoms with Crippen LogP contribution in [0.2, 0.25) is 0 Å². The number of esters is 1. The Morgan fingerprint density at radius 1 is 0.606 bits per heavy atom. The van der Waals surface area contributed by atoms with Gasteiger partial charge in [0.05, 0.1) is 34.4 Å². The van der Waals surface area contributed by atoms with Crippen molar-refractivity contribution in [2.24, 2.45) is 5.41 Å². The molecule has 0 fully saturated rings. The summed E-state index contributed by atoms with van der Waals surface area (Å²) in [5.41, 5.74) is 7.13. The van der Waals surface area contributed by atoms with E-state index in [0.717, 1.165) is 30.4 Å². The normalized spacial score (nSPS) is 16.6. The molecule has 0 N–H and O–H groups in total. The van der Waals surface area contributed by atoms with E-state index in [1.54, 1.807) is 13.0 Å². The molecule has 0 spiro atoms. The maximum atomic E-state index is 13.5. The van der Waals surface area contributed by atoms with Gasteiger partial charge in [0, 0.05) is 5.57 Å². The summed E-state index contributed by atoms with van der Waals surface area (Å²) in [6.07, 6.45) is 51.7. The van der Waals surface area contributed by atoms with Crippen LogP contribution in [-0.2, 0) is 27.7 Å². The van der Waals surface area contributed by atoms with Crippen molar-refractivity contribution in [1.82, 2.24) is 0 Å². The molecule has 1 aliphatic rings. The summed E-state index contributed by atoms with van der Waals surface area (Å²) in [5.74, 6) is -0.462. The molecule has 9 heteroatoms. The van der Waals surface area contributed by atoms with E-state index < -0.39 is 13.8 Å². The summed E-state index contributed by atoms with van der Waals surface area (Å²) in [6.45, 7) is 18.2. The van der Waals surface area contributed by atoms with Crippen LogP contribution in [0, 0.1) is 5.41 Å².